The van der Waals surface area contributed by atoms with E-state index in [1.807, 2.05) is 36.4 Å². The molecule has 2 heterocycles. The van der Waals surface area contributed by atoms with Gasteiger partial charge in [0.25, 0.3) is 5.91 Å². The minimum Gasteiger partial charge on any atom is -0.484 e. The number of nitrogens with two attached hydrogens (primary N) is 1. The van der Waals surface area contributed by atoms with Crippen LogP contribution in [0.5, 0.6) is 5.75 Å². The van der Waals surface area contributed by atoms with Crippen molar-refractivity contribution < 1.29 is 9.53 Å². The van der Waals surface area contributed by atoms with E-state index in [0.717, 1.165) is 37.4 Å². The Balaban J connectivity index is 1.46. The lowest BCUT2D eigenvalue weighted by Crippen LogP contribution is -2.38. The summed E-state index contributed by atoms with van der Waals surface area (Å²) in [6.07, 6.45) is 4.03. The van der Waals surface area contributed by atoms with Crippen LogP contribution in [0, 0.1) is 0 Å². The molecule has 0 bridgehead atoms. The summed E-state index contributed by atoms with van der Waals surface area (Å²) in [5.74, 6) is 1.12. The lowest BCUT2D eigenvalue weighted by Gasteiger charge is -2.25. The summed E-state index contributed by atoms with van der Waals surface area (Å²) in [5.41, 5.74) is 6.23. The first-order valence-corrected chi connectivity index (χ1v) is 8.47. The Hall–Kier alpha value is -2.67. The van der Waals surface area contributed by atoms with Gasteiger partial charge in [-0.25, -0.2) is 0 Å². The molecule has 2 aromatic rings. The Morgan fingerprint density at radius 3 is 2.88 bits per heavy atom. The van der Waals surface area contributed by atoms with E-state index in [9.17, 15) is 4.79 Å². The van der Waals surface area contributed by atoms with Gasteiger partial charge in [0.15, 0.2) is 12.4 Å². The van der Waals surface area contributed by atoms with Crippen molar-refractivity contribution in [3.8, 4) is 5.75 Å². The second-order valence-corrected chi connectivity index (χ2v) is 6.10. The predicted octanol–water partition coefficient (Wildman–Crippen LogP) is 1.10. The summed E-state index contributed by atoms with van der Waals surface area (Å²) in [5, 5.41) is 11.7. The van der Waals surface area contributed by atoms with Crippen LogP contribution < -0.4 is 20.7 Å². The Labute approximate surface area is 147 Å². The molecule has 0 spiro atoms. The number of amides is 1. The average Bonchev–Trinajstić information content (AvgIpc) is 3.10. The first-order valence-electron chi connectivity index (χ1n) is 8.47. The van der Waals surface area contributed by atoms with Crippen LogP contribution in [0.1, 0.15) is 18.4 Å². The number of rotatable bonds is 8. The highest BCUT2D eigenvalue weighted by Gasteiger charge is 2.25. The molecule has 1 aromatic carbocycles. The number of hydrogen-bond acceptors (Lipinski definition) is 6. The maximum absolute atomic E-state index is 10.7. The quantitative estimate of drug-likeness (QED) is 0.747. The van der Waals surface area contributed by atoms with Crippen LogP contribution in [0.4, 0.5) is 5.82 Å². The lowest BCUT2D eigenvalue weighted by molar-refractivity contribution is -0.119. The normalized spacial score (nSPS) is 16.8. The highest BCUT2D eigenvalue weighted by atomic mass is 16.5. The number of benzene rings is 1. The van der Waals surface area contributed by atoms with E-state index >= 15 is 0 Å². The summed E-state index contributed by atoms with van der Waals surface area (Å²) in [6.45, 7) is 2.60. The van der Waals surface area contributed by atoms with Gasteiger partial charge in [-0.1, -0.05) is 12.1 Å². The molecule has 7 heteroatoms. The van der Waals surface area contributed by atoms with Crippen LogP contribution in [0.25, 0.3) is 0 Å². The summed E-state index contributed by atoms with van der Waals surface area (Å²) in [6, 6.07) is 12.0. The van der Waals surface area contributed by atoms with Gasteiger partial charge >= 0.3 is 0 Å². The third-order valence-corrected chi connectivity index (χ3v) is 4.24. The highest BCUT2D eigenvalue weighted by Crippen LogP contribution is 2.22. The second kappa shape index (κ2) is 8.43. The molecule has 25 heavy (non-hydrogen) atoms. The number of primary amides is 1. The monoisotopic (exact) mass is 341 g/mol. The van der Waals surface area contributed by atoms with E-state index in [1.54, 1.807) is 6.20 Å². The fourth-order valence-corrected chi connectivity index (χ4v) is 3.04. The Kier molecular flexibility index (Phi) is 5.79. The zero-order chi connectivity index (χ0) is 17.5. The number of carbonyl (C=O) groups excluding carboxylic acids is 1. The second-order valence-electron chi connectivity index (χ2n) is 6.10. The van der Waals surface area contributed by atoms with E-state index in [-0.39, 0.29) is 6.61 Å². The van der Waals surface area contributed by atoms with Gasteiger partial charge in [0.2, 0.25) is 0 Å². The van der Waals surface area contributed by atoms with Crippen LogP contribution in [-0.2, 0) is 11.3 Å². The molecule has 0 radical (unpaired) electrons. The van der Waals surface area contributed by atoms with Gasteiger partial charge in [0.1, 0.15) is 5.75 Å². The number of nitrogens with one attached hydrogen (secondary N) is 1. The molecule has 1 aliphatic heterocycles. The summed E-state index contributed by atoms with van der Waals surface area (Å²) >= 11 is 0. The largest absolute Gasteiger partial charge is 0.484 e. The minimum absolute atomic E-state index is 0.0997. The zero-order valence-corrected chi connectivity index (χ0v) is 14.1. The SMILES string of the molecule is NC(=O)COc1ccc(CNC[C@@H]2CCCN2c2cccnn2)cc1. The van der Waals surface area contributed by atoms with Crippen molar-refractivity contribution in [2.75, 3.05) is 24.6 Å². The van der Waals surface area contributed by atoms with Crippen LogP contribution in [0.15, 0.2) is 42.6 Å². The molecule has 3 N–H and O–H groups in total. The average molecular weight is 341 g/mol. The molecule has 132 valence electrons. The minimum atomic E-state index is -0.477. The van der Waals surface area contributed by atoms with Crippen molar-refractivity contribution in [3.63, 3.8) is 0 Å². The predicted molar refractivity (Wildman–Crippen MR) is 95.2 cm³/mol. The number of carbonyl (C=O) groups is 1. The number of hydrogen-bond donors (Lipinski definition) is 2. The molecular weight excluding hydrogens is 318 g/mol. The van der Waals surface area contributed by atoms with Crippen molar-refractivity contribution in [3.05, 3.63) is 48.2 Å². The Morgan fingerprint density at radius 2 is 2.16 bits per heavy atom. The molecule has 0 unspecified atom stereocenters. The number of nitrogens with zero attached hydrogens (tertiary/aromatic N) is 3. The van der Waals surface area contributed by atoms with Gasteiger partial charge in [-0.2, -0.15) is 5.10 Å². The van der Waals surface area contributed by atoms with E-state index in [4.69, 9.17) is 10.5 Å². The maximum atomic E-state index is 10.7. The number of aromatic nitrogens is 2. The fraction of sp³-hybridized carbons (Fsp3) is 0.389. The summed E-state index contributed by atoms with van der Waals surface area (Å²) in [7, 11) is 0. The molecule has 1 atom stereocenters. The van der Waals surface area contributed by atoms with Gasteiger partial charge in [0, 0.05) is 31.9 Å². The molecule has 7 nitrogen and oxygen atoms in total. The summed E-state index contributed by atoms with van der Waals surface area (Å²) < 4.78 is 5.26. The van der Waals surface area contributed by atoms with Crippen molar-refractivity contribution in [2.24, 2.45) is 5.73 Å². The molecule has 0 aliphatic carbocycles. The van der Waals surface area contributed by atoms with E-state index in [0.29, 0.717) is 11.8 Å². The van der Waals surface area contributed by atoms with E-state index in [2.05, 4.69) is 20.4 Å². The fourth-order valence-electron chi connectivity index (χ4n) is 3.04. The van der Waals surface area contributed by atoms with Crippen LogP contribution in [0.2, 0.25) is 0 Å². The number of anilines is 1. The molecule has 1 aliphatic rings. The maximum Gasteiger partial charge on any atom is 0.255 e. The van der Waals surface area contributed by atoms with Crippen molar-refractivity contribution >= 4 is 11.7 Å². The molecule has 1 aromatic heterocycles. The van der Waals surface area contributed by atoms with Crippen LogP contribution in [0.3, 0.4) is 0 Å². The van der Waals surface area contributed by atoms with Crippen molar-refractivity contribution in [1.82, 2.24) is 15.5 Å². The molecular formula is C18H23N5O2. The van der Waals surface area contributed by atoms with Gasteiger partial charge in [0.05, 0.1) is 0 Å². The Morgan fingerprint density at radius 1 is 1.32 bits per heavy atom. The first-order chi connectivity index (χ1) is 12.2. The molecule has 3 rings (SSSR count). The third-order valence-electron chi connectivity index (χ3n) is 4.24. The lowest BCUT2D eigenvalue weighted by atomic mass is 10.2. The highest BCUT2D eigenvalue weighted by molar-refractivity contribution is 5.75. The van der Waals surface area contributed by atoms with Gasteiger partial charge in [-0.3, -0.25) is 4.79 Å². The van der Waals surface area contributed by atoms with Crippen molar-refractivity contribution in [1.29, 1.82) is 0 Å². The van der Waals surface area contributed by atoms with E-state index in [1.165, 1.54) is 6.42 Å². The van der Waals surface area contributed by atoms with Gasteiger partial charge in [-0.05, 0) is 42.7 Å². The molecule has 1 amide bonds. The molecule has 1 saturated heterocycles. The van der Waals surface area contributed by atoms with Gasteiger partial charge in [-0.15, -0.1) is 5.10 Å². The standard InChI is InChI=1S/C18H23N5O2/c19-17(24)13-25-16-7-5-14(6-8-16)11-20-12-15-3-2-10-23(15)18-4-1-9-21-22-18/h1,4-9,15,20H,2-3,10-13H2,(H2,19,24)/t15-/m0/s1. The smallest absolute Gasteiger partial charge is 0.255 e. The Bertz CT molecular complexity index is 678. The number of ether oxygens (including phenoxy) is 1. The third kappa shape index (κ3) is 4.90. The first kappa shape index (κ1) is 17.2. The van der Waals surface area contributed by atoms with Crippen LogP contribution >= 0.6 is 0 Å². The topological polar surface area (TPSA) is 93.4 Å². The van der Waals surface area contributed by atoms with Gasteiger partial charge < -0.3 is 20.7 Å². The van der Waals surface area contributed by atoms with Crippen LogP contribution in [-0.4, -0.2) is 41.8 Å². The molecule has 0 saturated carbocycles. The van der Waals surface area contributed by atoms with E-state index < -0.39 is 5.91 Å². The zero-order valence-electron chi connectivity index (χ0n) is 14.1. The molecule has 1 fully saturated rings. The van der Waals surface area contributed by atoms with Crippen molar-refractivity contribution in [2.45, 2.75) is 25.4 Å². The summed E-state index contributed by atoms with van der Waals surface area (Å²) in [4.78, 5) is 13.0.